The molecule has 0 heterocycles. The lowest BCUT2D eigenvalue weighted by molar-refractivity contribution is 0.627. The molecule has 0 amide bonds. The zero-order valence-corrected chi connectivity index (χ0v) is 7.95. The Balaban J connectivity index is 2.27. The van der Waals surface area contributed by atoms with Crippen LogP contribution in [0, 0.1) is 12.2 Å². The van der Waals surface area contributed by atoms with Crippen molar-refractivity contribution in [2.45, 2.75) is 0 Å². The van der Waals surface area contributed by atoms with Gasteiger partial charge in [-0.3, -0.25) is 0 Å². The fraction of sp³-hybridized carbons (Fsp3) is 0. The lowest BCUT2D eigenvalue weighted by atomic mass is 10.0. The van der Waals surface area contributed by atoms with Gasteiger partial charge in [0, 0.05) is 24.1 Å². The number of benzene rings is 1. The van der Waals surface area contributed by atoms with Crippen molar-refractivity contribution in [3.8, 4) is 0 Å². The van der Waals surface area contributed by atoms with E-state index in [0.717, 1.165) is 11.1 Å². The molecule has 0 nitrogen and oxygen atoms in total. The summed E-state index contributed by atoms with van der Waals surface area (Å²) in [5, 5.41) is 0. The largest absolute Gasteiger partial charge is 0.207 e. The second kappa shape index (κ2) is 4.13. The first-order valence-electron chi connectivity index (χ1n) is 4.60. The van der Waals surface area contributed by atoms with Gasteiger partial charge in [-0.15, -0.1) is 0 Å². The number of hydrogen-bond acceptors (Lipinski definition) is 0. The van der Waals surface area contributed by atoms with E-state index >= 15 is 0 Å². The van der Waals surface area contributed by atoms with E-state index in [1.165, 1.54) is 24.3 Å². The van der Waals surface area contributed by atoms with Crippen molar-refractivity contribution < 1.29 is 8.78 Å². The Morgan fingerprint density at radius 1 is 1.20 bits per heavy atom. The lowest BCUT2D eigenvalue weighted by Gasteiger charge is -1.96. The first-order valence-corrected chi connectivity index (χ1v) is 4.60. The predicted octanol–water partition coefficient (Wildman–Crippen LogP) is 3.84. The van der Waals surface area contributed by atoms with Gasteiger partial charge in [0.15, 0.2) is 0 Å². The van der Waals surface area contributed by atoms with Gasteiger partial charge in [0.25, 0.3) is 0 Å². The first-order chi connectivity index (χ1) is 7.24. The Morgan fingerprint density at radius 3 is 2.80 bits per heavy atom. The fourth-order valence-corrected chi connectivity index (χ4v) is 1.39. The van der Waals surface area contributed by atoms with Crippen molar-refractivity contribution >= 4 is 6.08 Å². The Labute approximate surface area is 87.2 Å². The monoisotopic (exact) mass is 203 g/mol. The van der Waals surface area contributed by atoms with Crippen LogP contribution in [0.5, 0.6) is 0 Å². The highest BCUT2D eigenvalue weighted by atomic mass is 19.1. The third kappa shape index (κ3) is 2.56. The van der Waals surface area contributed by atoms with Gasteiger partial charge in [0.1, 0.15) is 5.82 Å². The van der Waals surface area contributed by atoms with Crippen LogP contribution in [-0.2, 0) is 0 Å². The highest BCUT2D eigenvalue weighted by molar-refractivity contribution is 5.61. The molecule has 1 aromatic rings. The van der Waals surface area contributed by atoms with Crippen molar-refractivity contribution in [2.75, 3.05) is 0 Å². The third-order valence-electron chi connectivity index (χ3n) is 2.03. The number of halogens is 2. The van der Waals surface area contributed by atoms with Crippen LogP contribution in [0.1, 0.15) is 5.56 Å². The summed E-state index contributed by atoms with van der Waals surface area (Å²) in [6.45, 7) is 0. The molecule has 2 heteroatoms. The van der Waals surface area contributed by atoms with Crippen molar-refractivity contribution in [3.63, 3.8) is 0 Å². The summed E-state index contributed by atoms with van der Waals surface area (Å²) in [5.41, 5.74) is 1.45. The van der Waals surface area contributed by atoms with E-state index in [1.54, 1.807) is 30.7 Å². The summed E-state index contributed by atoms with van der Waals surface area (Å²) in [6.07, 6.45) is 7.91. The summed E-state index contributed by atoms with van der Waals surface area (Å²) in [7, 11) is 0. The van der Waals surface area contributed by atoms with Crippen LogP contribution in [0.3, 0.4) is 0 Å². The minimum atomic E-state index is -0.292. The highest BCUT2D eigenvalue weighted by Gasteiger charge is 2.09. The molecule has 1 aromatic carbocycles. The van der Waals surface area contributed by atoms with Crippen molar-refractivity contribution in [3.05, 3.63) is 71.7 Å². The zero-order chi connectivity index (χ0) is 10.7. The summed E-state index contributed by atoms with van der Waals surface area (Å²) < 4.78 is 25.7. The molecule has 15 heavy (non-hydrogen) atoms. The molecule has 0 fully saturated rings. The lowest BCUT2D eigenvalue weighted by Crippen LogP contribution is -1.86. The molecule has 0 bridgehead atoms. The molecule has 1 aliphatic carbocycles. The zero-order valence-electron chi connectivity index (χ0n) is 7.95. The number of allylic oxidation sites excluding steroid dienone is 5. The van der Waals surface area contributed by atoms with Crippen LogP contribution in [0.25, 0.3) is 6.08 Å². The van der Waals surface area contributed by atoms with E-state index in [0.29, 0.717) is 0 Å². The van der Waals surface area contributed by atoms with Gasteiger partial charge in [0.2, 0.25) is 5.83 Å². The van der Waals surface area contributed by atoms with Gasteiger partial charge in [-0.05, 0) is 18.2 Å². The van der Waals surface area contributed by atoms with Crippen molar-refractivity contribution in [2.24, 2.45) is 0 Å². The van der Waals surface area contributed by atoms with Crippen molar-refractivity contribution in [1.29, 1.82) is 0 Å². The molecule has 0 saturated carbocycles. The van der Waals surface area contributed by atoms with E-state index in [1.807, 2.05) is 0 Å². The molecule has 0 aromatic heterocycles. The van der Waals surface area contributed by atoms with Crippen LogP contribution in [-0.4, -0.2) is 0 Å². The van der Waals surface area contributed by atoms with E-state index in [-0.39, 0.29) is 11.6 Å². The maximum atomic E-state index is 12.9. The van der Waals surface area contributed by atoms with Gasteiger partial charge in [-0.1, -0.05) is 6.07 Å². The van der Waals surface area contributed by atoms with E-state index in [2.05, 4.69) is 0 Å². The molecule has 0 N–H and O–H groups in total. The van der Waals surface area contributed by atoms with Crippen LogP contribution < -0.4 is 0 Å². The highest BCUT2D eigenvalue weighted by Crippen LogP contribution is 2.18. The maximum Gasteiger partial charge on any atom is 0.205 e. The smallest absolute Gasteiger partial charge is 0.205 e. The average Bonchev–Trinajstić information content (AvgIpc) is 2.17. The summed E-state index contributed by atoms with van der Waals surface area (Å²) in [6, 6.07) is 6.18. The van der Waals surface area contributed by atoms with Crippen LogP contribution in [0.2, 0.25) is 0 Å². The topological polar surface area (TPSA) is 0 Å². The van der Waals surface area contributed by atoms with Gasteiger partial charge in [-0.25, -0.2) is 4.39 Å². The van der Waals surface area contributed by atoms with Crippen molar-refractivity contribution in [1.82, 2.24) is 0 Å². The van der Waals surface area contributed by atoms with Gasteiger partial charge in [-0.2, -0.15) is 4.39 Å². The SMILES string of the molecule is FC1=C/C(=C\c2cccc(F)c2)[CH+]C=C1. The van der Waals surface area contributed by atoms with Crippen LogP contribution in [0.4, 0.5) is 8.78 Å². The van der Waals surface area contributed by atoms with Gasteiger partial charge >= 0.3 is 0 Å². The molecule has 0 unspecified atom stereocenters. The molecule has 74 valence electrons. The molecular formula is C13H9F2+. The second-order valence-corrected chi connectivity index (χ2v) is 3.25. The van der Waals surface area contributed by atoms with E-state index < -0.39 is 0 Å². The molecule has 0 spiro atoms. The van der Waals surface area contributed by atoms with Crippen LogP contribution in [0.15, 0.2) is 53.9 Å². The fourth-order valence-electron chi connectivity index (χ4n) is 1.39. The first kappa shape index (κ1) is 9.71. The number of rotatable bonds is 1. The van der Waals surface area contributed by atoms with Gasteiger partial charge < -0.3 is 0 Å². The van der Waals surface area contributed by atoms with E-state index in [4.69, 9.17) is 0 Å². The third-order valence-corrected chi connectivity index (χ3v) is 2.03. The molecule has 2 rings (SSSR count). The Hall–Kier alpha value is -1.83. The van der Waals surface area contributed by atoms with Gasteiger partial charge in [0.05, 0.1) is 17.7 Å². The molecule has 0 saturated heterocycles. The normalized spacial score (nSPS) is 17.5. The van der Waals surface area contributed by atoms with Crippen LogP contribution >= 0.6 is 0 Å². The molecule has 0 atom stereocenters. The second-order valence-electron chi connectivity index (χ2n) is 3.25. The average molecular weight is 203 g/mol. The van der Waals surface area contributed by atoms with E-state index in [9.17, 15) is 8.78 Å². The maximum absolute atomic E-state index is 12.9. The Kier molecular flexibility index (Phi) is 2.68. The number of hydrogen-bond donors (Lipinski definition) is 0. The summed E-state index contributed by atoms with van der Waals surface area (Å²) in [5.74, 6) is -0.583. The Morgan fingerprint density at radius 2 is 2.07 bits per heavy atom. The minimum Gasteiger partial charge on any atom is -0.207 e. The standard InChI is InChI=1S/C13H9F2/c14-12-5-1-3-10(8-12)7-11-4-2-6-13(15)9-11/h1-9H/q+1/b10-7-. The molecular weight excluding hydrogens is 194 g/mol. The molecule has 0 aliphatic heterocycles. The summed E-state index contributed by atoms with van der Waals surface area (Å²) in [4.78, 5) is 0. The quantitative estimate of drug-likeness (QED) is 0.608. The predicted molar refractivity (Wildman–Crippen MR) is 57.0 cm³/mol. The molecule has 1 aliphatic rings. The Bertz CT molecular complexity index is 453. The summed E-state index contributed by atoms with van der Waals surface area (Å²) >= 11 is 0. The molecule has 0 radical (unpaired) electrons. The minimum absolute atomic E-state index is 0.292.